The molecule has 1 aromatic carbocycles. The van der Waals surface area contributed by atoms with E-state index in [2.05, 4.69) is 6.92 Å². The van der Waals surface area contributed by atoms with Gasteiger partial charge in [0.15, 0.2) is 0 Å². The van der Waals surface area contributed by atoms with Crippen LogP contribution in [-0.2, 0) is 6.42 Å². The molecule has 4 heteroatoms. The van der Waals surface area contributed by atoms with E-state index in [1.807, 2.05) is 49.7 Å². The molecule has 0 aliphatic heterocycles. The van der Waals surface area contributed by atoms with E-state index in [4.69, 9.17) is 5.73 Å². The van der Waals surface area contributed by atoms with Gasteiger partial charge in [-0.3, -0.25) is 9.48 Å². The summed E-state index contributed by atoms with van der Waals surface area (Å²) in [6.45, 7) is 8.08. The summed E-state index contributed by atoms with van der Waals surface area (Å²) in [6.07, 6.45) is 0.988. The Labute approximate surface area is 113 Å². The third-order valence-electron chi connectivity index (χ3n) is 3.45. The van der Waals surface area contributed by atoms with E-state index < -0.39 is 0 Å². The molecule has 2 rings (SSSR count). The Bertz CT molecular complexity index is 633. The maximum absolute atomic E-state index is 12.3. The molecule has 0 saturated heterocycles. The molecule has 1 heterocycles. The van der Waals surface area contributed by atoms with Crippen LogP contribution in [0.5, 0.6) is 0 Å². The summed E-state index contributed by atoms with van der Waals surface area (Å²) in [5.41, 5.74) is 8.99. The molecule has 0 saturated carbocycles. The molecule has 0 aliphatic rings. The summed E-state index contributed by atoms with van der Waals surface area (Å²) in [7, 11) is 0. The molecule has 2 aromatic rings. The highest BCUT2D eigenvalue weighted by Crippen LogP contribution is 2.18. The number of benzene rings is 1. The molecule has 0 unspecified atom stereocenters. The van der Waals surface area contributed by atoms with E-state index in [0.717, 1.165) is 17.8 Å². The van der Waals surface area contributed by atoms with Gasteiger partial charge in [0, 0.05) is 6.04 Å². The average molecular weight is 259 g/mol. The van der Waals surface area contributed by atoms with Crippen molar-refractivity contribution in [2.24, 2.45) is 0 Å². The molecule has 0 aliphatic carbocycles. The largest absolute Gasteiger partial charge is 0.393 e. The smallest absolute Gasteiger partial charge is 0.294 e. The van der Waals surface area contributed by atoms with Crippen LogP contribution in [0, 0.1) is 6.92 Å². The van der Waals surface area contributed by atoms with Gasteiger partial charge in [0.25, 0.3) is 5.56 Å². The minimum Gasteiger partial charge on any atom is -0.393 e. The highest BCUT2D eigenvalue weighted by molar-refractivity contribution is 5.45. The first kappa shape index (κ1) is 13.5. The van der Waals surface area contributed by atoms with E-state index in [-0.39, 0.29) is 11.6 Å². The van der Waals surface area contributed by atoms with E-state index in [0.29, 0.717) is 5.69 Å². The first-order valence-corrected chi connectivity index (χ1v) is 6.66. The predicted octanol–water partition coefficient (Wildman–Crippen LogP) is 2.67. The number of anilines is 1. The molecular weight excluding hydrogens is 238 g/mol. The Morgan fingerprint density at radius 2 is 1.79 bits per heavy atom. The van der Waals surface area contributed by atoms with Crippen molar-refractivity contribution >= 4 is 5.69 Å². The molecule has 0 bridgehead atoms. The second-order valence-electron chi connectivity index (χ2n) is 5.07. The van der Waals surface area contributed by atoms with Crippen molar-refractivity contribution in [3.63, 3.8) is 0 Å². The second-order valence-corrected chi connectivity index (χ2v) is 5.07. The Balaban J connectivity index is 2.67. The Hall–Kier alpha value is -1.97. The summed E-state index contributed by atoms with van der Waals surface area (Å²) in [4.78, 5) is 12.3. The third-order valence-corrected chi connectivity index (χ3v) is 3.45. The molecule has 0 atom stereocenters. The van der Waals surface area contributed by atoms with Crippen LogP contribution in [0.25, 0.3) is 5.69 Å². The normalized spacial score (nSPS) is 11.2. The molecule has 0 radical (unpaired) electrons. The lowest BCUT2D eigenvalue weighted by molar-refractivity contribution is 0.467. The molecule has 2 N–H and O–H groups in total. The fourth-order valence-electron chi connectivity index (χ4n) is 2.37. The van der Waals surface area contributed by atoms with Gasteiger partial charge in [-0.15, -0.1) is 0 Å². The zero-order valence-corrected chi connectivity index (χ0v) is 12.0. The second kappa shape index (κ2) is 4.96. The number of aryl methyl sites for hydroxylation is 1. The van der Waals surface area contributed by atoms with Crippen LogP contribution in [-0.4, -0.2) is 9.36 Å². The lowest BCUT2D eigenvalue weighted by Gasteiger charge is -2.17. The van der Waals surface area contributed by atoms with Gasteiger partial charge in [-0.05, 0) is 44.9 Å². The summed E-state index contributed by atoms with van der Waals surface area (Å²) >= 11 is 0. The highest BCUT2D eigenvalue weighted by atomic mass is 16.1. The number of hydrogen-bond acceptors (Lipinski definition) is 2. The van der Waals surface area contributed by atoms with Gasteiger partial charge in [-0.25, -0.2) is 4.68 Å². The monoisotopic (exact) mass is 259 g/mol. The molecule has 0 amide bonds. The molecule has 19 heavy (non-hydrogen) atoms. The molecule has 4 nitrogen and oxygen atoms in total. The van der Waals surface area contributed by atoms with E-state index in [1.54, 1.807) is 4.68 Å². The van der Waals surface area contributed by atoms with Crippen molar-refractivity contribution in [3.8, 4) is 5.69 Å². The third kappa shape index (κ3) is 2.18. The number of nitrogens with two attached hydrogens (primary N) is 1. The first-order chi connectivity index (χ1) is 8.97. The van der Waals surface area contributed by atoms with E-state index >= 15 is 0 Å². The van der Waals surface area contributed by atoms with Crippen molar-refractivity contribution < 1.29 is 0 Å². The molecule has 0 fully saturated rings. The molecule has 102 valence electrons. The standard InChI is InChI=1S/C15H21N3O/c1-5-12-6-8-13(9-7-12)18-15(19)14(16)11(4)17(18)10(2)3/h6-10H,5,16H2,1-4H3. The number of nitrogen functional groups attached to an aromatic ring is 1. The summed E-state index contributed by atoms with van der Waals surface area (Å²) in [6, 6.07) is 8.21. The Morgan fingerprint density at radius 3 is 2.26 bits per heavy atom. The fourth-order valence-corrected chi connectivity index (χ4v) is 2.37. The van der Waals surface area contributed by atoms with Crippen LogP contribution in [0.3, 0.4) is 0 Å². The van der Waals surface area contributed by atoms with Gasteiger partial charge in [0.05, 0.1) is 11.4 Å². The van der Waals surface area contributed by atoms with Crippen molar-refractivity contribution in [1.29, 1.82) is 0 Å². The predicted molar refractivity (Wildman–Crippen MR) is 78.9 cm³/mol. The van der Waals surface area contributed by atoms with Crippen LogP contribution in [0.1, 0.15) is 38.1 Å². The SMILES string of the molecule is CCc1ccc(-n2c(=O)c(N)c(C)n2C(C)C)cc1. The van der Waals surface area contributed by atoms with Crippen LogP contribution in [0.4, 0.5) is 5.69 Å². The van der Waals surface area contributed by atoms with Crippen LogP contribution in [0.15, 0.2) is 29.1 Å². The molecule has 0 spiro atoms. The molecular formula is C15H21N3O. The summed E-state index contributed by atoms with van der Waals surface area (Å²) < 4.78 is 3.60. The van der Waals surface area contributed by atoms with Crippen molar-refractivity contribution in [2.45, 2.75) is 40.2 Å². The number of hydrogen-bond donors (Lipinski definition) is 1. The number of aromatic nitrogens is 2. The van der Waals surface area contributed by atoms with Gasteiger partial charge in [0.2, 0.25) is 0 Å². The van der Waals surface area contributed by atoms with Crippen molar-refractivity contribution in [2.75, 3.05) is 5.73 Å². The van der Waals surface area contributed by atoms with E-state index in [1.165, 1.54) is 5.56 Å². The van der Waals surface area contributed by atoms with Crippen LogP contribution >= 0.6 is 0 Å². The highest BCUT2D eigenvalue weighted by Gasteiger charge is 2.17. The minimum atomic E-state index is -0.143. The number of rotatable bonds is 3. The topological polar surface area (TPSA) is 52.9 Å². The quantitative estimate of drug-likeness (QED) is 0.921. The zero-order chi connectivity index (χ0) is 14.2. The van der Waals surface area contributed by atoms with Crippen LogP contribution < -0.4 is 11.3 Å². The fraction of sp³-hybridized carbons (Fsp3) is 0.400. The van der Waals surface area contributed by atoms with Gasteiger partial charge in [-0.1, -0.05) is 19.1 Å². The van der Waals surface area contributed by atoms with Gasteiger partial charge >= 0.3 is 0 Å². The lowest BCUT2D eigenvalue weighted by Crippen LogP contribution is -2.23. The number of nitrogens with zero attached hydrogens (tertiary/aromatic N) is 2. The maximum atomic E-state index is 12.3. The summed E-state index contributed by atoms with van der Waals surface area (Å²) in [5.74, 6) is 0. The summed E-state index contributed by atoms with van der Waals surface area (Å²) in [5, 5.41) is 0. The lowest BCUT2D eigenvalue weighted by atomic mass is 10.1. The zero-order valence-electron chi connectivity index (χ0n) is 12.0. The van der Waals surface area contributed by atoms with Crippen molar-refractivity contribution in [1.82, 2.24) is 9.36 Å². The minimum absolute atomic E-state index is 0.143. The van der Waals surface area contributed by atoms with Gasteiger partial charge in [0.1, 0.15) is 5.69 Å². The first-order valence-electron chi connectivity index (χ1n) is 6.66. The van der Waals surface area contributed by atoms with Crippen molar-refractivity contribution in [3.05, 3.63) is 45.9 Å². The van der Waals surface area contributed by atoms with E-state index in [9.17, 15) is 4.79 Å². The van der Waals surface area contributed by atoms with Gasteiger partial charge in [-0.2, -0.15) is 0 Å². The average Bonchev–Trinajstić information content (AvgIpc) is 2.63. The molecule has 1 aromatic heterocycles. The van der Waals surface area contributed by atoms with Crippen LogP contribution in [0.2, 0.25) is 0 Å². The van der Waals surface area contributed by atoms with Gasteiger partial charge < -0.3 is 5.73 Å². The maximum Gasteiger partial charge on any atom is 0.294 e. The Kier molecular flexibility index (Phi) is 3.51. The Morgan fingerprint density at radius 1 is 1.21 bits per heavy atom.